The molecule has 5 heteroatoms. The summed E-state index contributed by atoms with van der Waals surface area (Å²) in [6.45, 7) is 9.34. The van der Waals surface area contributed by atoms with E-state index in [0.717, 1.165) is 43.5 Å². The summed E-state index contributed by atoms with van der Waals surface area (Å²) in [7, 11) is 4.31. The van der Waals surface area contributed by atoms with Crippen molar-refractivity contribution >= 4 is 11.6 Å². The van der Waals surface area contributed by atoms with Gasteiger partial charge in [0.15, 0.2) is 0 Å². The van der Waals surface area contributed by atoms with Gasteiger partial charge in [0.2, 0.25) is 0 Å². The van der Waals surface area contributed by atoms with Gasteiger partial charge in [-0.1, -0.05) is 6.92 Å². The van der Waals surface area contributed by atoms with Gasteiger partial charge in [-0.2, -0.15) is 0 Å². The molecule has 20 heavy (non-hydrogen) atoms. The van der Waals surface area contributed by atoms with Crippen LogP contribution in [0.2, 0.25) is 0 Å². The Bertz CT molecular complexity index is 458. The largest absolute Gasteiger partial charge is 0.370 e. The summed E-state index contributed by atoms with van der Waals surface area (Å²) in [6, 6.07) is 0.622. The molecule has 1 aliphatic rings. The molecule has 0 spiro atoms. The molecule has 1 aromatic rings. The molecule has 0 aliphatic carbocycles. The van der Waals surface area contributed by atoms with Crippen LogP contribution < -0.4 is 10.2 Å². The van der Waals surface area contributed by atoms with Crippen LogP contribution in [0.25, 0.3) is 0 Å². The molecule has 1 aromatic heterocycles. The molecule has 0 aromatic carbocycles. The lowest BCUT2D eigenvalue weighted by molar-refractivity contribution is 0.315. The zero-order valence-corrected chi connectivity index (χ0v) is 13.4. The fourth-order valence-electron chi connectivity index (χ4n) is 2.69. The molecule has 2 heterocycles. The van der Waals surface area contributed by atoms with Gasteiger partial charge in [-0.05, 0) is 40.8 Å². The predicted octanol–water partition coefficient (Wildman–Crippen LogP) is 2.06. The third-order valence-electron chi connectivity index (χ3n) is 3.97. The zero-order valence-electron chi connectivity index (χ0n) is 13.4. The predicted molar refractivity (Wildman–Crippen MR) is 84.6 cm³/mol. The van der Waals surface area contributed by atoms with E-state index in [1.165, 1.54) is 12.0 Å². The first-order chi connectivity index (χ1) is 9.52. The van der Waals surface area contributed by atoms with Gasteiger partial charge >= 0.3 is 0 Å². The van der Waals surface area contributed by atoms with E-state index in [1.54, 1.807) is 0 Å². The molecule has 0 bridgehead atoms. The highest BCUT2D eigenvalue weighted by Gasteiger charge is 2.26. The van der Waals surface area contributed by atoms with Crippen LogP contribution in [0.4, 0.5) is 11.6 Å². The van der Waals surface area contributed by atoms with E-state index < -0.39 is 0 Å². The Kier molecular flexibility index (Phi) is 4.81. The van der Waals surface area contributed by atoms with E-state index in [-0.39, 0.29) is 0 Å². The second-order valence-corrected chi connectivity index (χ2v) is 5.85. The molecule has 2 rings (SSSR count). The van der Waals surface area contributed by atoms with E-state index >= 15 is 0 Å². The van der Waals surface area contributed by atoms with Gasteiger partial charge in [0.25, 0.3) is 0 Å². The molecule has 1 fully saturated rings. The van der Waals surface area contributed by atoms with Crippen LogP contribution in [0.15, 0.2) is 0 Å². The van der Waals surface area contributed by atoms with Crippen LogP contribution in [-0.4, -0.2) is 54.6 Å². The topological polar surface area (TPSA) is 44.3 Å². The Morgan fingerprint density at radius 2 is 2.05 bits per heavy atom. The average Bonchev–Trinajstić information content (AvgIpc) is 2.89. The summed E-state index contributed by atoms with van der Waals surface area (Å²) in [4.78, 5) is 13.9. The van der Waals surface area contributed by atoms with E-state index in [0.29, 0.717) is 6.04 Å². The van der Waals surface area contributed by atoms with Crippen LogP contribution in [0.3, 0.4) is 0 Å². The normalized spacial score (nSPS) is 18.9. The van der Waals surface area contributed by atoms with Gasteiger partial charge in [-0.15, -0.1) is 0 Å². The number of aromatic nitrogens is 2. The number of hydrogen-bond acceptors (Lipinski definition) is 5. The van der Waals surface area contributed by atoms with Gasteiger partial charge in [0.1, 0.15) is 17.5 Å². The SMILES string of the molecule is CCCNc1nc(C)nc(N2CCC(N(C)C)C2)c1C. The summed E-state index contributed by atoms with van der Waals surface area (Å²) in [6.07, 6.45) is 2.30. The quantitative estimate of drug-likeness (QED) is 0.892. The van der Waals surface area contributed by atoms with Crippen molar-refractivity contribution < 1.29 is 0 Å². The monoisotopic (exact) mass is 277 g/mol. The Morgan fingerprint density at radius 3 is 2.65 bits per heavy atom. The summed E-state index contributed by atoms with van der Waals surface area (Å²) in [5.41, 5.74) is 1.17. The molecule has 1 aliphatic heterocycles. The first-order valence-corrected chi connectivity index (χ1v) is 7.53. The molecule has 1 N–H and O–H groups in total. The molecule has 0 amide bonds. The van der Waals surface area contributed by atoms with E-state index in [1.807, 2.05) is 6.92 Å². The number of hydrogen-bond donors (Lipinski definition) is 1. The molecule has 1 atom stereocenters. The Morgan fingerprint density at radius 1 is 1.30 bits per heavy atom. The van der Waals surface area contributed by atoms with Gasteiger partial charge in [-0.3, -0.25) is 0 Å². The number of nitrogens with one attached hydrogen (secondary N) is 1. The van der Waals surface area contributed by atoms with E-state index in [2.05, 4.69) is 53.0 Å². The lowest BCUT2D eigenvalue weighted by Crippen LogP contribution is -2.32. The van der Waals surface area contributed by atoms with Gasteiger partial charge in [0, 0.05) is 31.2 Å². The van der Waals surface area contributed by atoms with Crippen LogP contribution in [0, 0.1) is 13.8 Å². The fourth-order valence-corrected chi connectivity index (χ4v) is 2.69. The highest BCUT2D eigenvalue weighted by Crippen LogP contribution is 2.27. The Balaban J connectivity index is 2.21. The van der Waals surface area contributed by atoms with Crippen molar-refractivity contribution in [2.75, 3.05) is 43.9 Å². The molecule has 0 radical (unpaired) electrons. The van der Waals surface area contributed by atoms with Crippen molar-refractivity contribution in [2.45, 2.75) is 39.7 Å². The van der Waals surface area contributed by atoms with Gasteiger partial charge in [-0.25, -0.2) is 9.97 Å². The first kappa shape index (κ1) is 15.0. The Hall–Kier alpha value is -1.36. The average molecular weight is 277 g/mol. The minimum atomic E-state index is 0.622. The molecule has 0 saturated carbocycles. The van der Waals surface area contributed by atoms with Crippen molar-refractivity contribution in [3.05, 3.63) is 11.4 Å². The molecule has 112 valence electrons. The zero-order chi connectivity index (χ0) is 14.7. The van der Waals surface area contributed by atoms with Gasteiger partial charge in [0.05, 0.1) is 0 Å². The van der Waals surface area contributed by atoms with Gasteiger partial charge < -0.3 is 15.1 Å². The van der Waals surface area contributed by atoms with Crippen LogP contribution in [0.1, 0.15) is 31.2 Å². The maximum absolute atomic E-state index is 4.67. The van der Waals surface area contributed by atoms with Crippen LogP contribution in [0.5, 0.6) is 0 Å². The minimum Gasteiger partial charge on any atom is -0.370 e. The number of anilines is 2. The third kappa shape index (κ3) is 3.20. The van der Waals surface area contributed by atoms with Crippen LogP contribution >= 0.6 is 0 Å². The summed E-state index contributed by atoms with van der Waals surface area (Å²) in [5.74, 6) is 2.93. The van der Waals surface area contributed by atoms with Crippen molar-refractivity contribution in [1.29, 1.82) is 0 Å². The molecular weight excluding hydrogens is 250 g/mol. The molecule has 1 unspecified atom stereocenters. The highest BCUT2D eigenvalue weighted by atomic mass is 15.3. The van der Waals surface area contributed by atoms with Crippen molar-refractivity contribution in [3.8, 4) is 0 Å². The number of likely N-dealkylation sites (N-methyl/N-ethyl adjacent to an activating group) is 1. The van der Waals surface area contributed by atoms with Crippen molar-refractivity contribution in [3.63, 3.8) is 0 Å². The fraction of sp³-hybridized carbons (Fsp3) is 0.733. The maximum Gasteiger partial charge on any atom is 0.137 e. The number of rotatable bonds is 5. The number of aryl methyl sites for hydroxylation is 1. The molecule has 5 nitrogen and oxygen atoms in total. The minimum absolute atomic E-state index is 0.622. The van der Waals surface area contributed by atoms with Crippen molar-refractivity contribution in [1.82, 2.24) is 14.9 Å². The number of nitrogens with zero attached hydrogens (tertiary/aromatic N) is 4. The third-order valence-corrected chi connectivity index (χ3v) is 3.97. The summed E-state index contributed by atoms with van der Waals surface area (Å²) in [5, 5.41) is 3.41. The summed E-state index contributed by atoms with van der Waals surface area (Å²) >= 11 is 0. The summed E-state index contributed by atoms with van der Waals surface area (Å²) < 4.78 is 0. The highest BCUT2D eigenvalue weighted by molar-refractivity contribution is 5.59. The van der Waals surface area contributed by atoms with E-state index in [4.69, 9.17) is 0 Å². The second kappa shape index (κ2) is 6.39. The Labute approximate surface area is 122 Å². The van der Waals surface area contributed by atoms with E-state index in [9.17, 15) is 0 Å². The second-order valence-electron chi connectivity index (χ2n) is 5.85. The van der Waals surface area contributed by atoms with Crippen LogP contribution in [-0.2, 0) is 0 Å². The molecular formula is C15H27N5. The lowest BCUT2D eigenvalue weighted by Gasteiger charge is -2.23. The first-order valence-electron chi connectivity index (χ1n) is 7.53. The maximum atomic E-state index is 4.67. The standard InChI is InChI=1S/C15H27N5/c1-6-8-16-14-11(2)15(18-12(3)17-14)20-9-7-13(10-20)19(4)5/h13H,6-10H2,1-5H3,(H,16,17,18). The lowest BCUT2D eigenvalue weighted by atomic mass is 10.2. The molecule has 1 saturated heterocycles. The smallest absolute Gasteiger partial charge is 0.137 e. The van der Waals surface area contributed by atoms with Crippen molar-refractivity contribution in [2.24, 2.45) is 0 Å².